The molecule has 1 aliphatic heterocycles. The second-order valence-corrected chi connectivity index (χ2v) is 1.78. The van der Waals surface area contributed by atoms with E-state index in [-0.39, 0.29) is 0 Å². The molecule has 0 spiro atoms. The lowest BCUT2D eigenvalue weighted by atomic mass is 10.4. The van der Waals surface area contributed by atoms with Crippen LogP contribution in [0.1, 0.15) is 0 Å². The van der Waals surface area contributed by atoms with Crippen molar-refractivity contribution in [2.24, 2.45) is 4.99 Å². The van der Waals surface area contributed by atoms with Gasteiger partial charge in [0.05, 0.1) is 13.3 Å². The van der Waals surface area contributed by atoms with Crippen molar-refractivity contribution in [3.05, 3.63) is 36.3 Å². The Kier molecular flexibility index (Phi) is 2.49. The number of rotatable bonds is 1. The molecule has 0 amide bonds. The van der Waals surface area contributed by atoms with Crippen LogP contribution in [0.4, 0.5) is 0 Å². The number of ether oxygens (including phenoxy) is 1. The van der Waals surface area contributed by atoms with Crippen LogP contribution in [0, 0.1) is 0 Å². The molecule has 0 saturated carbocycles. The number of hydrogen-bond acceptors (Lipinski definition) is 2. The highest BCUT2D eigenvalue weighted by atomic mass is 16.5. The van der Waals surface area contributed by atoms with Crippen molar-refractivity contribution in [3.63, 3.8) is 0 Å². The van der Waals surface area contributed by atoms with Gasteiger partial charge < -0.3 is 4.74 Å². The van der Waals surface area contributed by atoms with E-state index in [4.69, 9.17) is 4.74 Å². The van der Waals surface area contributed by atoms with Crippen molar-refractivity contribution >= 4 is 6.21 Å². The van der Waals surface area contributed by atoms with Crippen LogP contribution in [0.3, 0.4) is 0 Å². The SMILES string of the molecule is COC1=C/C=C\C=C/N=C\1. The highest BCUT2D eigenvalue weighted by molar-refractivity contribution is 5.77. The van der Waals surface area contributed by atoms with Crippen molar-refractivity contribution < 1.29 is 4.74 Å². The van der Waals surface area contributed by atoms with Crippen LogP contribution in [0.2, 0.25) is 0 Å². The average molecular weight is 135 g/mol. The lowest BCUT2D eigenvalue weighted by molar-refractivity contribution is 0.317. The van der Waals surface area contributed by atoms with Gasteiger partial charge >= 0.3 is 0 Å². The molecule has 1 heterocycles. The molecular formula is C8H9NO. The Morgan fingerprint density at radius 2 is 2.20 bits per heavy atom. The van der Waals surface area contributed by atoms with Gasteiger partial charge in [0.25, 0.3) is 0 Å². The zero-order chi connectivity index (χ0) is 7.23. The van der Waals surface area contributed by atoms with Crippen molar-refractivity contribution in [2.45, 2.75) is 0 Å². The second-order valence-electron chi connectivity index (χ2n) is 1.78. The normalized spacial score (nSPS) is 30.7. The smallest absolute Gasteiger partial charge is 0.137 e. The van der Waals surface area contributed by atoms with Gasteiger partial charge in [0.2, 0.25) is 0 Å². The maximum Gasteiger partial charge on any atom is 0.137 e. The molecule has 10 heavy (non-hydrogen) atoms. The van der Waals surface area contributed by atoms with Gasteiger partial charge in [0.1, 0.15) is 5.76 Å². The quantitative estimate of drug-likeness (QED) is 0.536. The number of methoxy groups -OCH3 is 1. The molecule has 0 unspecified atom stereocenters. The average Bonchev–Trinajstić information content (AvgIpc) is 1.87. The van der Waals surface area contributed by atoms with Crippen LogP contribution in [0.5, 0.6) is 0 Å². The molecule has 2 heteroatoms. The van der Waals surface area contributed by atoms with E-state index in [9.17, 15) is 0 Å². The lowest BCUT2D eigenvalue weighted by Crippen LogP contribution is -1.86. The fraction of sp³-hybridized carbons (Fsp3) is 0.125. The summed E-state index contributed by atoms with van der Waals surface area (Å²) >= 11 is 0. The maximum atomic E-state index is 4.95. The van der Waals surface area contributed by atoms with Gasteiger partial charge in [-0.15, -0.1) is 0 Å². The number of aliphatic imine (C=N–C) groups is 1. The van der Waals surface area contributed by atoms with Gasteiger partial charge in [0.15, 0.2) is 0 Å². The molecule has 0 bridgehead atoms. The Morgan fingerprint density at radius 1 is 1.30 bits per heavy atom. The predicted octanol–water partition coefficient (Wildman–Crippen LogP) is 1.67. The Hall–Kier alpha value is -1.31. The second kappa shape index (κ2) is 3.67. The monoisotopic (exact) mass is 135 g/mol. The predicted molar refractivity (Wildman–Crippen MR) is 41.9 cm³/mol. The Bertz CT molecular complexity index is 211. The fourth-order valence-electron chi connectivity index (χ4n) is 0.594. The minimum Gasteiger partial charge on any atom is -0.495 e. The summed E-state index contributed by atoms with van der Waals surface area (Å²) in [4.78, 5) is 3.93. The molecule has 0 fully saturated rings. The van der Waals surface area contributed by atoms with E-state index in [2.05, 4.69) is 4.99 Å². The van der Waals surface area contributed by atoms with Gasteiger partial charge in [-0.05, 0) is 12.2 Å². The molecule has 0 saturated heterocycles. The van der Waals surface area contributed by atoms with E-state index in [0.717, 1.165) is 5.76 Å². The van der Waals surface area contributed by atoms with Crippen molar-refractivity contribution in [2.75, 3.05) is 7.11 Å². The molecule has 0 N–H and O–H groups in total. The van der Waals surface area contributed by atoms with Crippen molar-refractivity contribution in [1.29, 1.82) is 0 Å². The third-order valence-corrected chi connectivity index (χ3v) is 1.09. The summed E-state index contributed by atoms with van der Waals surface area (Å²) in [5, 5.41) is 0. The molecule has 0 atom stereocenters. The van der Waals surface area contributed by atoms with Gasteiger partial charge in [-0.3, -0.25) is 4.99 Å². The highest BCUT2D eigenvalue weighted by Crippen LogP contribution is 1.95. The van der Waals surface area contributed by atoms with E-state index in [1.54, 1.807) is 19.5 Å². The molecule has 0 aromatic carbocycles. The first-order chi connectivity index (χ1) is 4.93. The third kappa shape index (κ3) is 1.90. The summed E-state index contributed by atoms with van der Waals surface area (Å²) < 4.78 is 4.95. The van der Waals surface area contributed by atoms with E-state index < -0.39 is 0 Å². The fourth-order valence-corrected chi connectivity index (χ4v) is 0.594. The van der Waals surface area contributed by atoms with Crippen LogP contribution < -0.4 is 0 Å². The van der Waals surface area contributed by atoms with E-state index in [1.165, 1.54) is 0 Å². The van der Waals surface area contributed by atoms with E-state index in [0.29, 0.717) is 0 Å². The minimum atomic E-state index is 0.764. The zero-order valence-corrected chi connectivity index (χ0v) is 5.82. The summed E-state index contributed by atoms with van der Waals surface area (Å²) in [5.41, 5.74) is 0. The van der Waals surface area contributed by atoms with Crippen molar-refractivity contribution in [3.8, 4) is 0 Å². The summed E-state index contributed by atoms with van der Waals surface area (Å²) in [7, 11) is 1.62. The Balaban J connectivity index is 2.73. The maximum absolute atomic E-state index is 4.95. The molecule has 0 aliphatic carbocycles. The molecule has 2 nitrogen and oxygen atoms in total. The summed E-state index contributed by atoms with van der Waals surface area (Å²) in [6, 6.07) is 0. The summed E-state index contributed by atoms with van der Waals surface area (Å²) in [6.07, 6.45) is 10.9. The Morgan fingerprint density at radius 3 is 3.00 bits per heavy atom. The summed E-state index contributed by atoms with van der Waals surface area (Å²) in [5.74, 6) is 0.764. The van der Waals surface area contributed by atoms with Crippen molar-refractivity contribution in [1.82, 2.24) is 0 Å². The number of allylic oxidation sites excluding steroid dienone is 5. The van der Waals surface area contributed by atoms with Gasteiger partial charge in [-0.2, -0.15) is 0 Å². The highest BCUT2D eigenvalue weighted by Gasteiger charge is 1.86. The minimum absolute atomic E-state index is 0.764. The zero-order valence-electron chi connectivity index (χ0n) is 5.82. The van der Waals surface area contributed by atoms with Crippen LogP contribution in [-0.4, -0.2) is 13.3 Å². The van der Waals surface area contributed by atoms with Gasteiger partial charge in [-0.1, -0.05) is 12.2 Å². The first-order valence-corrected chi connectivity index (χ1v) is 3.04. The van der Waals surface area contributed by atoms with E-state index in [1.807, 2.05) is 24.3 Å². The first kappa shape index (κ1) is 6.81. The molecule has 0 aromatic rings. The van der Waals surface area contributed by atoms with Gasteiger partial charge in [0, 0.05) is 6.20 Å². The number of hydrogen-bond donors (Lipinski definition) is 0. The van der Waals surface area contributed by atoms with Gasteiger partial charge in [-0.25, -0.2) is 0 Å². The van der Waals surface area contributed by atoms with Crippen LogP contribution in [-0.2, 0) is 4.74 Å². The van der Waals surface area contributed by atoms with E-state index >= 15 is 0 Å². The summed E-state index contributed by atoms with van der Waals surface area (Å²) in [6.45, 7) is 0. The Labute approximate surface area is 60.2 Å². The molecule has 0 aromatic heterocycles. The first-order valence-electron chi connectivity index (χ1n) is 3.04. The lowest BCUT2D eigenvalue weighted by Gasteiger charge is -1.96. The molecule has 0 radical (unpaired) electrons. The topological polar surface area (TPSA) is 21.6 Å². The third-order valence-electron chi connectivity index (χ3n) is 1.09. The van der Waals surface area contributed by atoms with Crippen LogP contribution in [0.25, 0.3) is 0 Å². The molecule has 52 valence electrons. The molecule has 1 aliphatic rings. The largest absolute Gasteiger partial charge is 0.495 e. The molecular weight excluding hydrogens is 126 g/mol. The molecule has 1 rings (SSSR count). The standard InChI is InChI=1S/C8H9NO/c1-10-8-5-3-2-4-6-9-7-8/h2-7H,1H3/b3-2-,4-2?,5-3?,6-4-,8-5+,8-7?,9-6?,9-7-. The number of nitrogens with zero attached hydrogens (tertiary/aromatic N) is 1. The van der Waals surface area contributed by atoms with Crippen LogP contribution >= 0.6 is 0 Å². The van der Waals surface area contributed by atoms with Crippen LogP contribution in [0.15, 0.2) is 41.3 Å².